The Morgan fingerprint density at radius 2 is 2.04 bits per heavy atom. The van der Waals surface area contributed by atoms with Crippen molar-refractivity contribution in [3.05, 3.63) is 54.0 Å². The van der Waals surface area contributed by atoms with E-state index >= 15 is 0 Å². The number of rotatable bonds is 5. The summed E-state index contributed by atoms with van der Waals surface area (Å²) in [7, 11) is 0. The molecule has 1 fully saturated rings. The lowest BCUT2D eigenvalue weighted by molar-refractivity contribution is -0.155. The number of hydrogen-bond acceptors (Lipinski definition) is 6. The van der Waals surface area contributed by atoms with Gasteiger partial charge < -0.3 is 19.4 Å². The van der Waals surface area contributed by atoms with Gasteiger partial charge >= 0.3 is 5.97 Å². The Morgan fingerprint density at radius 3 is 2.70 bits per heavy atom. The Balaban J connectivity index is 1.59. The van der Waals surface area contributed by atoms with Gasteiger partial charge in [0.1, 0.15) is 17.2 Å². The van der Waals surface area contributed by atoms with Crippen molar-refractivity contribution in [3.8, 4) is 0 Å². The maximum absolute atomic E-state index is 12.5. The number of para-hydroxylation sites is 1. The van der Waals surface area contributed by atoms with Gasteiger partial charge in [-0.1, -0.05) is 18.2 Å². The van der Waals surface area contributed by atoms with Gasteiger partial charge in [-0.05, 0) is 30.7 Å². The van der Waals surface area contributed by atoms with E-state index < -0.39 is 24.5 Å². The molecule has 0 unspecified atom stereocenters. The smallest absolute Gasteiger partial charge is 0.330 e. The van der Waals surface area contributed by atoms with Gasteiger partial charge in [0.05, 0.1) is 6.26 Å². The molecule has 0 aliphatic carbocycles. The molecule has 2 amide bonds. The first-order valence-electron chi connectivity index (χ1n) is 8.43. The molecule has 7 nitrogen and oxygen atoms in total. The molecule has 3 rings (SSSR count). The number of ether oxygens (including phenoxy) is 1. The second-order valence-electron chi connectivity index (χ2n) is 6.11. The van der Waals surface area contributed by atoms with Crippen molar-refractivity contribution in [2.45, 2.75) is 25.3 Å². The number of benzene rings is 1. The average Bonchev–Trinajstić information content (AvgIpc) is 3.30. The number of hydrogen-bond donors (Lipinski definition) is 1. The summed E-state index contributed by atoms with van der Waals surface area (Å²) in [6.45, 7) is 2.86. The number of thioether (sulfide) groups is 1. The summed E-state index contributed by atoms with van der Waals surface area (Å²) in [5.74, 6) is -0.314. The first-order valence-corrected chi connectivity index (χ1v) is 9.48. The molecule has 1 saturated heterocycles. The van der Waals surface area contributed by atoms with E-state index in [1.54, 1.807) is 18.2 Å². The Kier molecular flexibility index (Phi) is 5.85. The van der Waals surface area contributed by atoms with Gasteiger partial charge in [0, 0.05) is 18.4 Å². The second kappa shape index (κ2) is 8.30. The van der Waals surface area contributed by atoms with E-state index in [2.05, 4.69) is 5.32 Å². The molecule has 2 aromatic rings. The third-order valence-corrected chi connectivity index (χ3v) is 5.47. The van der Waals surface area contributed by atoms with Crippen LogP contribution in [-0.2, 0) is 19.1 Å². The molecular weight excluding hydrogens is 368 g/mol. The van der Waals surface area contributed by atoms with Crippen LogP contribution < -0.4 is 5.32 Å². The zero-order valence-corrected chi connectivity index (χ0v) is 15.8. The van der Waals surface area contributed by atoms with Crippen LogP contribution >= 0.6 is 11.8 Å². The Hall–Kier alpha value is -2.74. The Morgan fingerprint density at radius 1 is 1.26 bits per heavy atom. The molecule has 0 saturated carbocycles. The molecule has 1 N–H and O–H groups in total. The minimum absolute atomic E-state index is 0.257. The van der Waals surface area contributed by atoms with Crippen LogP contribution in [0, 0.1) is 6.92 Å². The topological polar surface area (TPSA) is 88.8 Å². The number of aryl methyl sites for hydroxylation is 1. The molecule has 0 radical (unpaired) electrons. The maximum atomic E-state index is 12.5. The number of amides is 2. The molecule has 27 heavy (non-hydrogen) atoms. The zero-order chi connectivity index (χ0) is 19.4. The van der Waals surface area contributed by atoms with Crippen LogP contribution in [0.25, 0.3) is 0 Å². The van der Waals surface area contributed by atoms with Crippen molar-refractivity contribution in [1.82, 2.24) is 4.90 Å². The van der Waals surface area contributed by atoms with Crippen molar-refractivity contribution < 1.29 is 23.5 Å². The van der Waals surface area contributed by atoms with E-state index in [1.165, 1.54) is 29.8 Å². The number of nitrogens with zero attached hydrogens (tertiary/aromatic N) is 1. The van der Waals surface area contributed by atoms with Gasteiger partial charge in [-0.25, -0.2) is 4.79 Å². The number of anilines is 1. The highest BCUT2D eigenvalue weighted by atomic mass is 32.2. The Labute approximate surface area is 161 Å². The third-order valence-electron chi connectivity index (χ3n) is 4.19. The highest BCUT2D eigenvalue weighted by Crippen LogP contribution is 2.41. The van der Waals surface area contributed by atoms with Crippen LogP contribution in [0.4, 0.5) is 5.69 Å². The number of esters is 1. The zero-order valence-electron chi connectivity index (χ0n) is 15.0. The summed E-state index contributed by atoms with van der Waals surface area (Å²) in [5.41, 5.74) is 1.58. The standard InChI is InChI=1S/C19H20N2O5S/c1-12-6-3-4-7-14(12)20-17(23)10-26-19(24)15-11-27-18(21(15)13(2)22)16-8-5-9-25-16/h3-9,15,18H,10-11H2,1-2H3,(H,20,23)/t15-,18+/m1/s1. The van der Waals surface area contributed by atoms with Crippen LogP contribution in [0.1, 0.15) is 23.6 Å². The van der Waals surface area contributed by atoms with Gasteiger partial charge in [-0.3, -0.25) is 9.59 Å². The van der Waals surface area contributed by atoms with E-state index in [0.29, 0.717) is 17.2 Å². The predicted molar refractivity (Wildman–Crippen MR) is 101 cm³/mol. The molecule has 1 aliphatic rings. The molecule has 0 bridgehead atoms. The molecule has 1 aromatic carbocycles. The van der Waals surface area contributed by atoms with Crippen LogP contribution in [-0.4, -0.2) is 41.1 Å². The highest BCUT2D eigenvalue weighted by molar-refractivity contribution is 7.99. The summed E-state index contributed by atoms with van der Waals surface area (Å²) in [6, 6.07) is 10.1. The van der Waals surface area contributed by atoms with Crippen molar-refractivity contribution >= 4 is 35.2 Å². The maximum Gasteiger partial charge on any atom is 0.330 e. The molecule has 1 aliphatic heterocycles. The minimum atomic E-state index is -0.756. The predicted octanol–water partition coefficient (Wildman–Crippen LogP) is 2.73. The monoisotopic (exact) mass is 388 g/mol. The fourth-order valence-electron chi connectivity index (χ4n) is 2.86. The van der Waals surface area contributed by atoms with E-state index in [0.717, 1.165) is 5.56 Å². The average molecular weight is 388 g/mol. The first kappa shape index (κ1) is 19.0. The molecule has 2 atom stereocenters. The van der Waals surface area contributed by atoms with Gasteiger partial charge in [0.25, 0.3) is 5.91 Å². The normalized spacial score (nSPS) is 19.0. The fourth-order valence-corrected chi connectivity index (χ4v) is 4.27. The number of nitrogens with one attached hydrogen (secondary N) is 1. The lowest BCUT2D eigenvalue weighted by atomic mass is 10.2. The van der Waals surface area contributed by atoms with E-state index in [1.807, 2.05) is 25.1 Å². The summed E-state index contributed by atoms with van der Waals surface area (Å²) < 4.78 is 10.5. The molecular formula is C19H20N2O5S. The summed E-state index contributed by atoms with van der Waals surface area (Å²) in [6.07, 6.45) is 1.52. The molecule has 0 spiro atoms. The van der Waals surface area contributed by atoms with Crippen LogP contribution in [0.5, 0.6) is 0 Å². The van der Waals surface area contributed by atoms with Crippen molar-refractivity contribution in [1.29, 1.82) is 0 Å². The summed E-state index contributed by atoms with van der Waals surface area (Å²) in [5, 5.41) is 2.33. The van der Waals surface area contributed by atoms with E-state index in [-0.39, 0.29) is 11.3 Å². The summed E-state index contributed by atoms with van der Waals surface area (Å²) in [4.78, 5) is 38.0. The van der Waals surface area contributed by atoms with Crippen LogP contribution in [0.2, 0.25) is 0 Å². The highest BCUT2D eigenvalue weighted by Gasteiger charge is 2.43. The Bertz CT molecular complexity index is 836. The molecule has 2 heterocycles. The largest absolute Gasteiger partial charge is 0.466 e. The number of carbonyl (C=O) groups excluding carboxylic acids is 3. The van der Waals surface area contributed by atoms with Crippen molar-refractivity contribution in [2.24, 2.45) is 0 Å². The van der Waals surface area contributed by atoms with E-state index in [4.69, 9.17) is 9.15 Å². The molecule has 8 heteroatoms. The number of furan rings is 1. The third kappa shape index (κ3) is 4.33. The van der Waals surface area contributed by atoms with Gasteiger partial charge in [-0.2, -0.15) is 0 Å². The first-order chi connectivity index (χ1) is 13.0. The number of carbonyl (C=O) groups is 3. The fraction of sp³-hybridized carbons (Fsp3) is 0.316. The van der Waals surface area contributed by atoms with Gasteiger partial charge in [0.2, 0.25) is 5.91 Å². The second-order valence-corrected chi connectivity index (χ2v) is 7.23. The summed E-state index contributed by atoms with van der Waals surface area (Å²) >= 11 is 1.42. The van der Waals surface area contributed by atoms with Gasteiger partial charge in [0.15, 0.2) is 6.61 Å². The van der Waals surface area contributed by atoms with Gasteiger partial charge in [-0.15, -0.1) is 11.8 Å². The van der Waals surface area contributed by atoms with Crippen LogP contribution in [0.15, 0.2) is 47.1 Å². The van der Waals surface area contributed by atoms with E-state index in [9.17, 15) is 14.4 Å². The van der Waals surface area contributed by atoms with Crippen molar-refractivity contribution in [3.63, 3.8) is 0 Å². The molecule has 1 aromatic heterocycles. The molecule has 142 valence electrons. The lowest BCUT2D eigenvalue weighted by Gasteiger charge is -2.25. The quantitative estimate of drug-likeness (QED) is 0.793. The lowest BCUT2D eigenvalue weighted by Crippen LogP contribution is -2.43. The minimum Gasteiger partial charge on any atom is -0.466 e. The SMILES string of the molecule is CC(=O)N1[C@@H](C(=O)OCC(=O)Nc2ccccc2C)CS[C@H]1c1ccco1. The van der Waals surface area contributed by atoms with Crippen LogP contribution in [0.3, 0.4) is 0 Å². The van der Waals surface area contributed by atoms with Crippen molar-refractivity contribution in [2.75, 3.05) is 17.7 Å².